The quantitative estimate of drug-likeness (QED) is 0.325. The van der Waals surface area contributed by atoms with Gasteiger partial charge in [-0.15, -0.1) is 0 Å². The number of piperazine rings is 1. The first-order valence-corrected chi connectivity index (χ1v) is 12.1. The molecule has 11 heteroatoms. The van der Waals surface area contributed by atoms with Gasteiger partial charge in [0.2, 0.25) is 0 Å². The van der Waals surface area contributed by atoms with Crippen LogP contribution < -0.4 is 20.9 Å². The molecule has 3 heterocycles. The Morgan fingerprint density at radius 1 is 1.20 bits per heavy atom. The number of anilines is 3. The Labute approximate surface area is 205 Å². The summed E-state index contributed by atoms with van der Waals surface area (Å²) in [6.07, 6.45) is 8.89. The molecular weight excluding hydrogens is 446 g/mol. The van der Waals surface area contributed by atoms with E-state index >= 15 is 0 Å². The summed E-state index contributed by atoms with van der Waals surface area (Å²) in [5, 5.41) is 26.1. The fourth-order valence-corrected chi connectivity index (χ4v) is 4.85. The highest BCUT2D eigenvalue weighted by molar-refractivity contribution is 5.98. The van der Waals surface area contributed by atoms with E-state index in [2.05, 4.69) is 42.3 Å². The molecular formula is C24H35N9O2. The van der Waals surface area contributed by atoms with Gasteiger partial charge in [-0.1, -0.05) is 19.4 Å². The average molecular weight is 482 g/mol. The van der Waals surface area contributed by atoms with Gasteiger partial charge in [0.05, 0.1) is 19.0 Å². The topological polar surface area (TPSA) is 134 Å². The molecule has 5 N–H and O–H groups in total. The van der Waals surface area contributed by atoms with Crippen molar-refractivity contribution >= 4 is 29.6 Å². The van der Waals surface area contributed by atoms with E-state index in [9.17, 15) is 4.79 Å². The average Bonchev–Trinajstić information content (AvgIpc) is 3.52. The van der Waals surface area contributed by atoms with Gasteiger partial charge in [-0.05, 0) is 18.9 Å². The fourth-order valence-electron chi connectivity index (χ4n) is 4.85. The summed E-state index contributed by atoms with van der Waals surface area (Å²) in [5.74, 6) is 2.34. The number of nitrogens with one attached hydrogen (secondary N) is 4. The van der Waals surface area contributed by atoms with Gasteiger partial charge < -0.3 is 35.9 Å². The molecule has 11 nitrogen and oxygen atoms in total. The van der Waals surface area contributed by atoms with Crippen molar-refractivity contribution in [1.29, 1.82) is 5.41 Å². The van der Waals surface area contributed by atoms with Gasteiger partial charge in [0.25, 0.3) is 5.91 Å². The van der Waals surface area contributed by atoms with Gasteiger partial charge in [0.1, 0.15) is 29.0 Å². The second-order valence-corrected chi connectivity index (χ2v) is 8.91. The maximum absolute atomic E-state index is 12.6. The van der Waals surface area contributed by atoms with Crippen LogP contribution in [0.2, 0.25) is 0 Å². The fraction of sp³-hybridized carbons (Fsp3) is 0.500. The van der Waals surface area contributed by atoms with Gasteiger partial charge in [0, 0.05) is 57.6 Å². The van der Waals surface area contributed by atoms with E-state index in [4.69, 9.17) is 10.5 Å². The highest BCUT2D eigenvalue weighted by atomic mass is 16.3. The molecule has 1 saturated carbocycles. The lowest BCUT2D eigenvalue weighted by atomic mass is 10.2. The van der Waals surface area contributed by atoms with E-state index in [1.54, 1.807) is 25.5 Å². The molecule has 0 aromatic carbocycles. The van der Waals surface area contributed by atoms with E-state index in [0.29, 0.717) is 35.3 Å². The van der Waals surface area contributed by atoms with Crippen molar-refractivity contribution in [1.82, 2.24) is 24.8 Å². The molecule has 4 rings (SSSR count). The Morgan fingerprint density at radius 3 is 2.54 bits per heavy atom. The third-order valence-electron chi connectivity index (χ3n) is 6.67. The number of rotatable bonds is 10. The maximum Gasteiger partial charge on any atom is 0.267 e. The summed E-state index contributed by atoms with van der Waals surface area (Å²) in [4.78, 5) is 26.0. The number of hydrogen-bond acceptors (Lipinski definition) is 9. The highest BCUT2D eigenvalue weighted by Crippen LogP contribution is 2.36. The summed E-state index contributed by atoms with van der Waals surface area (Å²) in [6.45, 7) is 8.42. The predicted octanol–water partition coefficient (Wildman–Crippen LogP) is 1.86. The lowest BCUT2D eigenvalue weighted by molar-refractivity contribution is 0.0952. The zero-order valence-electron chi connectivity index (χ0n) is 20.3. The van der Waals surface area contributed by atoms with Gasteiger partial charge >= 0.3 is 0 Å². The minimum atomic E-state index is -0.176. The Hall–Kier alpha value is -3.44. The van der Waals surface area contributed by atoms with Crippen LogP contribution in [-0.4, -0.2) is 83.0 Å². The molecule has 35 heavy (non-hydrogen) atoms. The lowest BCUT2D eigenvalue weighted by Gasteiger charge is -2.34. The predicted molar refractivity (Wildman–Crippen MR) is 137 cm³/mol. The van der Waals surface area contributed by atoms with Crippen molar-refractivity contribution in [3.8, 4) is 0 Å². The van der Waals surface area contributed by atoms with Crippen LogP contribution in [0.3, 0.4) is 0 Å². The van der Waals surface area contributed by atoms with Gasteiger partial charge in [-0.2, -0.15) is 0 Å². The van der Waals surface area contributed by atoms with Crippen LogP contribution in [-0.2, 0) is 0 Å². The van der Waals surface area contributed by atoms with Crippen molar-refractivity contribution < 1.29 is 9.90 Å². The summed E-state index contributed by atoms with van der Waals surface area (Å²) in [7, 11) is 1.61. The molecule has 2 aromatic rings. The highest BCUT2D eigenvalue weighted by Gasteiger charge is 2.27. The Balaban J connectivity index is 1.44. The van der Waals surface area contributed by atoms with Crippen LogP contribution in [0, 0.1) is 5.41 Å². The first-order chi connectivity index (χ1) is 17.0. The van der Waals surface area contributed by atoms with E-state index in [-0.39, 0.29) is 18.6 Å². The summed E-state index contributed by atoms with van der Waals surface area (Å²) < 4.78 is 2.00. The molecule has 2 aromatic heterocycles. The number of hydrogen-bond donors (Lipinski definition) is 5. The SMILES string of the molecule is C=C(Nc1cnc(N2CCN(CCO)CC2)cn1)Nc1c(C=N)cc(C(=O)NC)n1C1CCCC1. The molecule has 0 spiro atoms. The summed E-state index contributed by atoms with van der Waals surface area (Å²) in [6, 6.07) is 1.94. The van der Waals surface area contributed by atoms with Gasteiger partial charge in [0.15, 0.2) is 0 Å². The minimum absolute atomic E-state index is 0.176. The minimum Gasteiger partial charge on any atom is -0.395 e. The molecule has 1 saturated heterocycles. The number of nitrogens with zero attached hydrogens (tertiary/aromatic N) is 5. The first-order valence-electron chi connectivity index (χ1n) is 12.1. The smallest absolute Gasteiger partial charge is 0.267 e. The summed E-state index contributed by atoms with van der Waals surface area (Å²) in [5.41, 5.74) is 1.16. The van der Waals surface area contributed by atoms with Crippen molar-refractivity contribution in [2.45, 2.75) is 31.7 Å². The van der Waals surface area contributed by atoms with Gasteiger partial charge in [-0.25, -0.2) is 9.97 Å². The van der Waals surface area contributed by atoms with Crippen LogP contribution in [0.25, 0.3) is 0 Å². The number of carbonyl (C=O) groups is 1. The monoisotopic (exact) mass is 481 g/mol. The number of amides is 1. The number of aliphatic hydroxyl groups excluding tert-OH is 1. The van der Waals surface area contributed by atoms with E-state index < -0.39 is 0 Å². The van der Waals surface area contributed by atoms with Crippen LogP contribution in [0.4, 0.5) is 17.5 Å². The van der Waals surface area contributed by atoms with Crippen LogP contribution in [0.5, 0.6) is 0 Å². The van der Waals surface area contributed by atoms with Crippen LogP contribution >= 0.6 is 0 Å². The van der Waals surface area contributed by atoms with E-state index in [1.807, 2.05) is 4.57 Å². The zero-order chi connectivity index (χ0) is 24.8. The van der Waals surface area contributed by atoms with Crippen molar-refractivity contribution in [2.75, 3.05) is 61.9 Å². The molecule has 0 atom stereocenters. The normalized spacial score (nSPS) is 16.8. The summed E-state index contributed by atoms with van der Waals surface area (Å²) >= 11 is 0. The van der Waals surface area contributed by atoms with Gasteiger partial charge in [-0.3, -0.25) is 9.69 Å². The Bertz CT molecular complexity index is 1040. The molecule has 188 valence electrons. The van der Waals surface area contributed by atoms with Crippen molar-refractivity contribution in [3.63, 3.8) is 0 Å². The number of aromatic nitrogens is 3. The molecule has 2 fully saturated rings. The second-order valence-electron chi connectivity index (χ2n) is 8.91. The molecule has 1 amide bonds. The molecule has 0 bridgehead atoms. The number of aliphatic hydroxyl groups is 1. The Kier molecular flexibility index (Phi) is 7.98. The molecule has 0 radical (unpaired) electrons. The number of β-amino-alcohol motifs (C(OH)–C–C–N with tert-alkyl or cyclic N) is 1. The molecule has 1 aliphatic heterocycles. The second kappa shape index (κ2) is 11.3. The third-order valence-corrected chi connectivity index (χ3v) is 6.67. The van der Waals surface area contributed by atoms with Crippen molar-refractivity contribution in [3.05, 3.63) is 42.1 Å². The molecule has 1 aliphatic carbocycles. The molecule has 2 aliphatic rings. The lowest BCUT2D eigenvalue weighted by Crippen LogP contribution is -2.47. The van der Waals surface area contributed by atoms with Crippen LogP contribution in [0.1, 0.15) is 47.8 Å². The molecule has 0 unspecified atom stereocenters. The first kappa shape index (κ1) is 24.7. The van der Waals surface area contributed by atoms with Crippen molar-refractivity contribution in [2.24, 2.45) is 0 Å². The number of carbonyl (C=O) groups excluding carboxylic acids is 1. The van der Waals surface area contributed by atoms with E-state index in [0.717, 1.165) is 57.7 Å². The zero-order valence-corrected chi connectivity index (χ0v) is 20.3. The third kappa shape index (κ3) is 5.63. The Morgan fingerprint density at radius 2 is 1.94 bits per heavy atom. The standard InChI is InChI=1S/C24H35N9O2/c1-17(29-21-15-28-22(16-27-21)32-9-7-31(8-10-32)11-12-34)30-23-18(14-25)13-20(24(35)26-2)33(23)19-5-3-4-6-19/h13-16,19,25,30,34H,1,3-12H2,2H3,(H,26,35)(H,27,29). The van der Waals surface area contributed by atoms with E-state index in [1.165, 1.54) is 6.21 Å². The maximum atomic E-state index is 12.6. The largest absolute Gasteiger partial charge is 0.395 e. The van der Waals surface area contributed by atoms with Crippen LogP contribution in [0.15, 0.2) is 30.9 Å².